The van der Waals surface area contributed by atoms with Gasteiger partial charge in [-0.1, -0.05) is 11.8 Å². The van der Waals surface area contributed by atoms with Crippen molar-refractivity contribution in [2.75, 3.05) is 19.1 Å². The molecule has 24 heavy (non-hydrogen) atoms. The minimum Gasteiger partial charge on any atom is -0.454 e. The summed E-state index contributed by atoms with van der Waals surface area (Å²) in [4.78, 5) is 22.8. The molecule has 0 spiro atoms. The molecular formula is C14H14N4O5S. The molecular weight excluding hydrogens is 336 g/mol. The van der Waals surface area contributed by atoms with Crippen molar-refractivity contribution in [3.8, 4) is 23.0 Å². The number of rotatable bonds is 5. The first-order chi connectivity index (χ1) is 11.7. The number of hydrogen-bond donors (Lipinski definition) is 2. The molecule has 0 aliphatic carbocycles. The van der Waals surface area contributed by atoms with Crippen LogP contribution < -0.4 is 20.1 Å². The lowest BCUT2D eigenvalue weighted by Crippen LogP contribution is -2.40. The number of urea groups is 1. The zero-order chi connectivity index (χ0) is 16.9. The highest BCUT2D eigenvalue weighted by molar-refractivity contribution is 7.99. The molecule has 9 nitrogen and oxygen atoms in total. The van der Waals surface area contributed by atoms with E-state index >= 15 is 0 Å². The van der Waals surface area contributed by atoms with Crippen LogP contribution in [0.4, 0.5) is 4.79 Å². The molecule has 126 valence electrons. The van der Waals surface area contributed by atoms with Gasteiger partial charge in [-0.15, -0.1) is 10.2 Å². The van der Waals surface area contributed by atoms with Crippen LogP contribution in [0, 0.1) is 0 Å². The Kier molecular flexibility index (Phi) is 4.85. The fourth-order valence-electron chi connectivity index (χ4n) is 1.91. The van der Waals surface area contributed by atoms with Crippen LogP contribution in [0.25, 0.3) is 11.5 Å². The van der Waals surface area contributed by atoms with Gasteiger partial charge in [0, 0.05) is 12.1 Å². The first-order valence-corrected chi connectivity index (χ1v) is 8.08. The van der Waals surface area contributed by atoms with E-state index in [1.807, 2.05) is 0 Å². The number of aromatic nitrogens is 2. The normalized spacial score (nSPS) is 12.0. The van der Waals surface area contributed by atoms with Gasteiger partial charge in [-0.3, -0.25) is 10.1 Å². The third kappa shape index (κ3) is 3.77. The van der Waals surface area contributed by atoms with E-state index in [0.717, 1.165) is 11.8 Å². The van der Waals surface area contributed by atoms with Gasteiger partial charge in [0.2, 0.25) is 18.6 Å². The van der Waals surface area contributed by atoms with Gasteiger partial charge in [0.05, 0.1) is 5.75 Å². The van der Waals surface area contributed by atoms with E-state index in [9.17, 15) is 9.59 Å². The number of nitrogens with one attached hydrogen (secondary N) is 2. The van der Waals surface area contributed by atoms with Crippen molar-refractivity contribution in [3.05, 3.63) is 18.2 Å². The van der Waals surface area contributed by atoms with E-state index in [1.165, 1.54) is 0 Å². The molecule has 2 heterocycles. The first kappa shape index (κ1) is 16.1. The van der Waals surface area contributed by atoms with Gasteiger partial charge in [-0.2, -0.15) is 0 Å². The number of carbonyl (C=O) groups is 2. The molecule has 1 aromatic heterocycles. The van der Waals surface area contributed by atoms with E-state index in [0.29, 0.717) is 29.5 Å². The number of nitrogens with zero attached hydrogens (tertiary/aromatic N) is 2. The van der Waals surface area contributed by atoms with Crippen LogP contribution in [-0.2, 0) is 4.79 Å². The smallest absolute Gasteiger partial charge is 0.321 e. The van der Waals surface area contributed by atoms with Gasteiger partial charge >= 0.3 is 6.03 Å². The third-order valence-corrected chi connectivity index (χ3v) is 3.76. The number of hydrogen-bond acceptors (Lipinski definition) is 8. The Hall–Kier alpha value is -2.75. The van der Waals surface area contributed by atoms with Crippen molar-refractivity contribution in [1.29, 1.82) is 0 Å². The fraction of sp³-hybridized carbons (Fsp3) is 0.286. The molecule has 0 unspecified atom stereocenters. The second-order valence-electron chi connectivity index (χ2n) is 4.64. The molecule has 1 aliphatic heterocycles. The van der Waals surface area contributed by atoms with Gasteiger partial charge < -0.3 is 19.2 Å². The predicted molar refractivity (Wildman–Crippen MR) is 83.8 cm³/mol. The SMILES string of the molecule is CCNC(=O)NC(=O)CSc1nnc(-c2ccc3c(c2)OCO3)o1. The quantitative estimate of drug-likeness (QED) is 0.778. The second-order valence-corrected chi connectivity index (χ2v) is 5.56. The summed E-state index contributed by atoms with van der Waals surface area (Å²) in [6.45, 7) is 2.38. The Morgan fingerprint density at radius 2 is 2.08 bits per heavy atom. The summed E-state index contributed by atoms with van der Waals surface area (Å²) in [6, 6.07) is 4.74. The van der Waals surface area contributed by atoms with Crippen molar-refractivity contribution in [3.63, 3.8) is 0 Å². The highest BCUT2D eigenvalue weighted by Crippen LogP contribution is 2.35. The predicted octanol–water partition coefficient (Wildman–Crippen LogP) is 1.40. The molecule has 3 amide bonds. The summed E-state index contributed by atoms with van der Waals surface area (Å²) >= 11 is 1.04. The number of benzene rings is 1. The molecule has 0 saturated heterocycles. The number of ether oxygens (including phenoxy) is 2. The van der Waals surface area contributed by atoms with E-state index in [4.69, 9.17) is 13.9 Å². The van der Waals surface area contributed by atoms with Crippen molar-refractivity contribution in [2.24, 2.45) is 0 Å². The lowest BCUT2D eigenvalue weighted by Gasteiger charge is -2.02. The fourth-order valence-corrected chi connectivity index (χ4v) is 2.47. The highest BCUT2D eigenvalue weighted by Gasteiger charge is 2.17. The highest BCUT2D eigenvalue weighted by atomic mass is 32.2. The third-order valence-electron chi connectivity index (χ3n) is 2.94. The van der Waals surface area contributed by atoms with E-state index in [2.05, 4.69) is 20.8 Å². The van der Waals surface area contributed by atoms with Crippen molar-refractivity contribution in [2.45, 2.75) is 12.1 Å². The topological polar surface area (TPSA) is 116 Å². The monoisotopic (exact) mass is 350 g/mol. The molecule has 1 aromatic carbocycles. The maximum absolute atomic E-state index is 11.6. The van der Waals surface area contributed by atoms with Crippen LogP contribution in [0.5, 0.6) is 11.5 Å². The Morgan fingerprint density at radius 3 is 2.92 bits per heavy atom. The summed E-state index contributed by atoms with van der Waals surface area (Å²) in [5.41, 5.74) is 0.686. The first-order valence-electron chi connectivity index (χ1n) is 7.09. The largest absolute Gasteiger partial charge is 0.454 e. The van der Waals surface area contributed by atoms with E-state index in [1.54, 1.807) is 25.1 Å². The Bertz CT molecular complexity index is 763. The van der Waals surface area contributed by atoms with Crippen LogP contribution in [0.1, 0.15) is 6.92 Å². The maximum atomic E-state index is 11.6. The molecule has 0 bridgehead atoms. The Labute approximate surface area is 141 Å². The minimum atomic E-state index is -0.533. The average Bonchev–Trinajstić information content (AvgIpc) is 3.21. The molecule has 0 radical (unpaired) electrons. The van der Waals surface area contributed by atoms with Gasteiger partial charge in [0.25, 0.3) is 5.22 Å². The lowest BCUT2D eigenvalue weighted by molar-refractivity contribution is -0.117. The standard InChI is InChI=1S/C14H14N4O5S/c1-2-15-13(20)16-11(19)6-24-14-18-17-12(23-14)8-3-4-9-10(5-8)22-7-21-9/h3-5H,2,6-7H2,1H3,(H2,15,16,19,20). The summed E-state index contributed by atoms with van der Waals surface area (Å²) in [5, 5.41) is 12.7. The van der Waals surface area contributed by atoms with Crippen LogP contribution in [-0.4, -0.2) is 41.2 Å². The summed E-state index contributed by atoms with van der Waals surface area (Å²) in [6.07, 6.45) is 0. The maximum Gasteiger partial charge on any atom is 0.321 e. The number of thioether (sulfide) groups is 1. The van der Waals surface area contributed by atoms with Crippen LogP contribution in [0.15, 0.2) is 27.8 Å². The van der Waals surface area contributed by atoms with Gasteiger partial charge in [0.15, 0.2) is 11.5 Å². The summed E-state index contributed by atoms with van der Waals surface area (Å²) in [7, 11) is 0. The van der Waals surface area contributed by atoms with Crippen molar-refractivity contribution >= 4 is 23.7 Å². The number of carbonyl (C=O) groups excluding carboxylic acids is 2. The number of amides is 3. The Balaban J connectivity index is 1.58. The summed E-state index contributed by atoms with van der Waals surface area (Å²) < 4.78 is 16.0. The molecule has 0 saturated carbocycles. The summed E-state index contributed by atoms with van der Waals surface area (Å²) in [5.74, 6) is 1.12. The second kappa shape index (κ2) is 7.21. The molecule has 3 rings (SSSR count). The van der Waals surface area contributed by atoms with Gasteiger partial charge in [0.1, 0.15) is 0 Å². The molecule has 1 aliphatic rings. The average molecular weight is 350 g/mol. The van der Waals surface area contributed by atoms with Gasteiger partial charge in [-0.25, -0.2) is 4.79 Å². The molecule has 10 heteroatoms. The van der Waals surface area contributed by atoms with Crippen LogP contribution >= 0.6 is 11.8 Å². The number of imide groups is 1. The van der Waals surface area contributed by atoms with Gasteiger partial charge in [-0.05, 0) is 25.1 Å². The Morgan fingerprint density at radius 1 is 1.25 bits per heavy atom. The molecule has 0 fully saturated rings. The zero-order valence-electron chi connectivity index (χ0n) is 12.7. The molecule has 2 aromatic rings. The van der Waals surface area contributed by atoms with Crippen molar-refractivity contribution < 1.29 is 23.5 Å². The van der Waals surface area contributed by atoms with E-state index < -0.39 is 11.9 Å². The zero-order valence-corrected chi connectivity index (χ0v) is 13.5. The minimum absolute atomic E-state index is 0.0140. The molecule has 0 atom stereocenters. The molecule has 2 N–H and O–H groups in total. The van der Waals surface area contributed by atoms with Crippen LogP contribution in [0.2, 0.25) is 0 Å². The van der Waals surface area contributed by atoms with E-state index in [-0.39, 0.29) is 17.8 Å². The van der Waals surface area contributed by atoms with Crippen molar-refractivity contribution in [1.82, 2.24) is 20.8 Å². The lowest BCUT2D eigenvalue weighted by atomic mass is 10.2. The van der Waals surface area contributed by atoms with Crippen LogP contribution in [0.3, 0.4) is 0 Å². The number of fused-ring (bicyclic) bond motifs is 1.